The first-order chi connectivity index (χ1) is 15.5. The molecule has 160 valence electrons. The maximum absolute atomic E-state index is 13.6. The van der Waals surface area contributed by atoms with Crippen molar-refractivity contribution in [3.63, 3.8) is 0 Å². The highest BCUT2D eigenvalue weighted by molar-refractivity contribution is 6.31. The summed E-state index contributed by atoms with van der Waals surface area (Å²) in [5, 5.41) is 1.29. The Morgan fingerprint density at radius 1 is 1.00 bits per heavy atom. The number of ether oxygens (including phenoxy) is 1. The molecule has 0 fully saturated rings. The van der Waals surface area contributed by atoms with Crippen molar-refractivity contribution < 1.29 is 13.9 Å². The van der Waals surface area contributed by atoms with E-state index in [-0.39, 0.29) is 29.2 Å². The van der Waals surface area contributed by atoms with Gasteiger partial charge in [0.05, 0.1) is 24.1 Å². The first kappa shape index (κ1) is 20.6. The molecular formula is C25H17Cl2NO4. The van der Waals surface area contributed by atoms with Gasteiger partial charge in [-0.25, -0.2) is 0 Å². The first-order valence-corrected chi connectivity index (χ1v) is 10.7. The fourth-order valence-electron chi connectivity index (χ4n) is 4.12. The number of fused-ring (bicyclic) bond motifs is 2. The topological polar surface area (TPSA) is 59.8 Å². The Hall–Kier alpha value is -3.28. The van der Waals surface area contributed by atoms with E-state index in [4.69, 9.17) is 32.4 Å². The van der Waals surface area contributed by atoms with E-state index in [1.54, 1.807) is 36.3 Å². The molecule has 3 aromatic carbocycles. The molecule has 5 rings (SSSR count). The number of methoxy groups -OCH3 is 1. The van der Waals surface area contributed by atoms with Gasteiger partial charge >= 0.3 is 0 Å². The van der Waals surface area contributed by atoms with Crippen LogP contribution in [0.25, 0.3) is 11.0 Å². The van der Waals surface area contributed by atoms with E-state index < -0.39 is 6.04 Å². The molecule has 0 saturated heterocycles. The Kier molecular flexibility index (Phi) is 5.16. The van der Waals surface area contributed by atoms with Crippen LogP contribution < -0.4 is 10.2 Å². The van der Waals surface area contributed by atoms with Gasteiger partial charge in [0, 0.05) is 16.6 Å². The quantitative estimate of drug-likeness (QED) is 0.379. The molecular weight excluding hydrogens is 449 g/mol. The third kappa shape index (κ3) is 3.34. The third-order valence-corrected chi connectivity index (χ3v) is 6.24. The second-order valence-electron chi connectivity index (χ2n) is 7.52. The Labute approximate surface area is 193 Å². The molecule has 0 bridgehead atoms. The minimum Gasteiger partial charge on any atom is -0.497 e. The molecule has 1 unspecified atom stereocenters. The van der Waals surface area contributed by atoms with Crippen LogP contribution in [-0.2, 0) is 6.54 Å². The summed E-state index contributed by atoms with van der Waals surface area (Å²) >= 11 is 12.5. The third-order valence-electron chi connectivity index (χ3n) is 5.64. The van der Waals surface area contributed by atoms with Crippen molar-refractivity contribution in [2.24, 2.45) is 0 Å². The van der Waals surface area contributed by atoms with Crippen LogP contribution in [0.2, 0.25) is 10.0 Å². The standard InChI is InChI=1S/C25H17Cl2NO4/c1-31-17-7-4-6-14(11-17)22-21-23(29)18-12-16(26)9-10-20(18)32-24(21)25(30)28(22)13-15-5-2-3-8-19(15)27/h2-12,22H,13H2,1H3. The summed E-state index contributed by atoms with van der Waals surface area (Å²) in [6, 6.07) is 18.7. The maximum Gasteiger partial charge on any atom is 0.291 e. The number of hydrogen-bond acceptors (Lipinski definition) is 4. The smallest absolute Gasteiger partial charge is 0.291 e. The molecule has 1 aromatic heterocycles. The van der Waals surface area contributed by atoms with E-state index in [9.17, 15) is 9.59 Å². The van der Waals surface area contributed by atoms with Crippen molar-refractivity contribution in [1.29, 1.82) is 0 Å². The molecule has 1 aliphatic rings. The fraction of sp³-hybridized carbons (Fsp3) is 0.120. The van der Waals surface area contributed by atoms with E-state index in [1.165, 1.54) is 0 Å². The lowest BCUT2D eigenvalue weighted by molar-refractivity contribution is 0.0714. The van der Waals surface area contributed by atoms with Crippen molar-refractivity contribution in [2.75, 3.05) is 7.11 Å². The molecule has 1 amide bonds. The summed E-state index contributed by atoms with van der Waals surface area (Å²) < 4.78 is 11.3. The van der Waals surface area contributed by atoms with E-state index in [0.717, 1.165) is 11.1 Å². The highest BCUT2D eigenvalue weighted by Crippen LogP contribution is 2.40. The van der Waals surface area contributed by atoms with Gasteiger partial charge in [-0.3, -0.25) is 9.59 Å². The van der Waals surface area contributed by atoms with Crippen LogP contribution in [0.1, 0.15) is 33.3 Å². The summed E-state index contributed by atoms with van der Waals surface area (Å²) in [6.45, 7) is 0.209. The number of amides is 1. The Morgan fingerprint density at radius 3 is 2.59 bits per heavy atom. The predicted octanol–water partition coefficient (Wildman–Crippen LogP) is 5.85. The number of benzene rings is 3. The Balaban J connectivity index is 1.75. The number of carbonyl (C=O) groups excluding carboxylic acids is 1. The van der Waals surface area contributed by atoms with Crippen LogP contribution in [0.3, 0.4) is 0 Å². The molecule has 2 heterocycles. The largest absolute Gasteiger partial charge is 0.497 e. The van der Waals surface area contributed by atoms with Gasteiger partial charge < -0.3 is 14.1 Å². The fourth-order valence-corrected chi connectivity index (χ4v) is 4.49. The predicted molar refractivity (Wildman–Crippen MR) is 124 cm³/mol. The molecule has 1 atom stereocenters. The molecule has 0 aliphatic carbocycles. The van der Waals surface area contributed by atoms with Crippen LogP contribution in [0.4, 0.5) is 0 Å². The summed E-state index contributed by atoms with van der Waals surface area (Å²) in [4.78, 5) is 28.7. The van der Waals surface area contributed by atoms with Crippen molar-refractivity contribution >= 4 is 40.1 Å². The normalized spacial score (nSPS) is 15.3. The van der Waals surface area contributed by atoms with Gasteiger partial charge in [-0.15, -0.1) is 0 Å². The van der Waals surface area contributed by atoms with E-state index in [2.05, 4.69) is 0 Å². The molecule has 0 radical (unpaired) electrons. The van der Waals surface area contributed by atoms with Crippen LogP contribution >= 0.6 is 23.2 Å². The summed E-state index contributed by atoms with van der Waals surface area (Å²) in [7, 11) is 1.57. The zero-order chi connectivity index (χ0) is 22.4. The second kappa shape index (κ2) is 8.01. The second-order valence-corrected chi connectivity index (χ2v) is 8.36. The molecule has 0 spiro atoms. The van der Waals surface area contributed by atoms with Crippen molar-refractivity contribution in [3.8, 4) is 5.75 Å². The molecule has 0 N–H and O–H groups in total. The van der Waals surface area contributed by atoms with Crippen molar-refractivity contribution in [2.45, 2.75) is 12.6 Å². The average molecular weight is 466 g/mol. The first-order valence-electron chi connectivity index (χ1n) is 9.92. The number of hydrogen-bond donors (Lipinski definition) is 0. The van der Waals surface area contributed by atoms with Crippen molar-refractivity contribution in [3.05, 3.63) is 109 Å². The zero-order valence-electron chi connectivity index (χ0n) is 17.0. The lowest BCUT2D eigenvalue weighted by Crippen LogP contribution is -2.29. The van der Waals surface area contributed by atoms with Gasteiger partial charge in [-0.05, 0) is 47.5 Å². The number of carbonyl (C=O) groups is 1. The van der Waals surface area contributed by atoms with Gasteiger partial charge in [0.25, 0.3) is 5.91 Å². The van der Waals surface area contributed by atoms with Gasteiger partial charge in [0.2, 0.25) is 5.76 Å². The molecule has 0 saturated carbocycles. The van der Waals surface area contributed by atoms with Gasteiger partial charge in [0.15, 0.2) is 5.43 Å². The lowest BCUT2D eigenvalue weighted by atomic mass is 9.98. The Bertz CT molecular complexity index is 1430. The monoisotopic (exact) mass is 465 g/mol. The average Bonchev–Trinajstić information content (AvgIpc) is 3.08. The van der Waals surface area contributed by atoms with Crippen LogP contribution in [-0.4, -0.2) is 17.9 Å². The lowest BCUT2D eigenvalue weighted by Gasteiger charge is -2.26. The Morgan fingerprint density at radius 2 is 1.81 bits per heavy atom. The van der Waals surface area contributed by atoms with E-state index in [0.29, 0.717) is 26.8 Å². The highest BCUT2D eigenvalue weighted by Gasteiger charge is 2.43. The summed E-state index contributed by atoms with van der Waals surface area (Å²) in [6.07, 6.45) is 0. The van der Waals surface area contributed by atoms with E-state index in [1.807, 2.05) is 42.5 Å². The van der Waals surface area contributed by atoms with Gasteiger partial charge in [-0.1, -0.05) is 53.5 Å². The highest BCUT2D eigenvalue weighted by atomic mass is 35.5. The summed E-state index contributed by atoms with van der Waals surface area (Å²) in [5.74, 6) is 0.278. The molecule has 1 aliphatic heterocycles. The van der Waals surface area contributed by atoms with Gasteiger partial charge in [0.1, 0.15) is 11.3 Å². The number of halogens is 2. The van der Waals surface area contributed by atoms with Crippen LogP contribution in [0.15, 0.2) is 75.9 Å². The molecule has 5 nitrogen and oxygen atoms in total. The number of rotatable bonds is 4. The molecule has 32 heavy (non-hydrogen) atoms. The molecule has 4 aromatic rings. The minimum absolute atomic E-state index is 0.0321. The van der Waals surface area contributed by atoms with Crippen LogP contribution in [0.5, 0.6) is 5.75 Å². The zero-order valence-corrected chi connectivity index (χ0v) is 18.5. The molecule has 7 heteroatoms. The van der Waals surface area contributed by atoms with Crippen LogP contribution in [0, 0.1) is 0 Å². The number of nitrogens with zero attached hydrogens (tertiary/aromatic N) is 1. The summed E-state index contributed by atoms with van der Waals surface area (Å²) in [5.41, 5.74) is 1.81. The maximum atomic E-state index is 13.6. The van der Waals surface area contributed by atoms with E-state index >= 15 is 0 Å². The van der Waals surface area contributed by atoms with Gasteiger partial charge in [-0.2, -0.15) is 0 Å². The minimum atomic E-state index is -0.663. The van der Waals surface area contributed by atoms with Crippen molar-refractivity contribution in [1.82, 2.24) is 4.90 Å². The SMILES string of the molecule is COc1cccc(C2c3c(oc4ccc(Cl)cc4c3=O)C(=O)N2Cc2ccccc2Cl)c1.